The summed E-state index contributed by atoms with van der Waals surface area (Å²) in [6.45, 7) is 0. The van der Waals surface area contributed by atoms with Gasteiger partial charge in [-0.15, -0.1) is 0 Å². The van der Waals surface area contributed by atoms with E-state index in [0.717, 1.165) is 16.5 Å². The maximum atomic E-state index is 11.2. The van der Waals surface area contributed by atoms with Crippen molar-refractivity contribution in [1.82, 2.24) is 0 Å². The Morgan fingerprint density at radius 2 is 2.07 bits per heavy atom. The first-order valence-electron chi connectivity index (χ1n) is 4.18. The Balaban J connectivity index is 2.89. The van der Waals surface area contributed by atoms with Crippen molar-refractivity contribution in [3.8, 4) is 0 Å². The van der Waals surface area contributed by atoms with Gasteiger partial charge in [0.2, 0.25) is 0 Å². The molecular formula is C10H11Br2NO. The zero-order valence-corrected chi connectivity index (χ0v) is 10.8. The van der Waals surface area contributed by atoms with Gasteiger partial charge < -0.3 is 5.73 Å². The monoisotopic (exact) mass is 319 g/mol. The fraction of sp³-hybridized carbons (Fsp3) is 0.300. The summed E-state index contributed by atoms with van der Waals surface area (Å²) in [7, 11) is 0. The van der Waals surface area contributed by atoms with Gasteiger partial charge in [0, 0.05) is 17.4 Å². The van der Waals surface area contributed by atoms with Gasteiger partial charge >= 0.3 is 0 Å². The van der Waals surface area contributed by atoms with E-state index >= 15 is 0 Å². The molecule has 0 atom stereocenters. The van der Waals surface area contributed by atoms with E-state index in [9.17, 15) is 4.79 Å². The third kappa shape index (κ3) is 3.10. The summed E-state index contributed by atoms with van der Waals surface area (Å²) in [6, 6.07) is 5.75. The maximum absolute atomic E-state index is 11.2. The summed E-state index contributed by atoms with van der Waals surface area (Å²) in [5.41, 5.74) is 8.49. The summed E-state index contributed by atoms with van der Waals surface area (Å²) < 4.78 is 0. The summed E-state index contributed by atoms with van der Waals surface area (Å²) in [4.78, 5) is 11.2. The van der Waals surface area contributed by atoms with Crippen molar-refractivity contribution >= 4 is 43.3 Å². The summed E-state index contributed by atoms with van der Waals surface area (Å²) in [6.07, 6.45) is 0.401. The van der Waals surface area contributed by atoms with Gasteiger partial charge in [-0.3, -0.25) is 4.79 Å². The lowest BCUT2D eigenvalue weighted by Gasteiger charge is -2.05. The molecule has 4 heteroatoms. The molecule has 1 aromatic rings. The quantitative estimate of drug-likeness (QED) is 0.684. The topological polar surface area (TPSA) is 43.1 Å². The van der Waals surface area contributed by atoms with Gasteiger partial charge in [0.1, 0.15) is 5.78 Å². The van der Waals surface area contributed by atoms with Gasteiger partial charge in [-0.05, 0) is 17.2 Å². The lowest BCUT2D eigenvalue weighted by Crippen LogP contribution is -2.06. The second-order valence-electron chi connectivity index (χ2n) is 3.02. The number of carbonyl (C=O) groups is 1. The molecule has 0 aliphatic carbocycles. The van der Waals surface area contributed by atoms with Crippen LogP contribution in [0.3, 0.4) is 0 Å². The van der Waals surface area contributed by atoms with E-state index in [0.29, 0.717) is 17.4 Å². The minimum absolute atomic E-state index is 0.142. The van der Waals surface area contributed by atoms with E-state index in [2.05, 4.69) is 31.9 Å². The number of Topliss-reactive ketones (excluding diaryl/α,β-unsaturated/α-hetero) is 1. The number of carbonyl (C=O) groups excluding carboxylic acids is 1. The van der Waals surface area contributed by atoms with Crippen LogP contribution in [0, 0.1) is 0 Å². The molecule has 0 amide bonds. The Hall–Kier alpha value is -0.350. The van der Waals surface area contributed by atoms with E-state index in [1.54, 1.807) is 0 Å². The van der Waals surface area contributed by atoms with Crippen molar-refractivity contribution < 1.29 is 4.79 Å². The Morgan fingerprint density at radius 3 is 2.64 bits per heavy atom. The Kier molecular flexibility index (Phi) is 4.62. The van der Waals surface area contributed by atoms with Gasteiger partial charge in [-0.25, -0.2) is 0 Å². The molecule has 0 fully saturated rings. The average molecular weight is 321 g/mol. The highest BCUT2D eigenvalue weighted by Crippen LogP contribution is 2.17. The second kappa shape index (κ2) is 5.51. The number of rotatable bonds is 4. The molecule has 0 saturated carbocycles. The summed E-state index contributed by atoms with van der Waals surface area (Å²) >= 11 is 6.50. The molecule has 0 saturated heterocycles. The SMILES string of the molecule is Nc1ccc(CBr)cc1CC(=O)CBr. The van der Waals surface area contributed by atoms with E-state index in [1.165, 1.54) is 0 Å². The molecule has 1 rings (SSSR count). The van der Waals surface area contributed by atoms with Crippen molar-refractivity contribution in [1.29, 1.82) is 0 Å². The predicted molar refractivity (Wildman–Crippen MR) is 66.0 cm³/mol. The Labute approximate surface area is 100 Å². The number of benzene rings is 1. The van der Waals surface area contributed by atoms with Crippen LogP contribution >= 0.6 is 31.9 Å². The van der Waals surface area contributed by atoms with Crippen LogP contribution in [-0.2, 0) is 16.5 Å². The normalized spacial score (nSPS) is 10.1. The number of alkyl halides is 2. The number of ketones is 1. The van der Waals surface area contributed by atoms with Crippen LogP contribution in [-0.4, -0.2) is 11.1 Å². The van der Waals surface area contributed by atoms with Crippen LogP contribution < -0.4 is 5.73 Å². The number of nitrogen functional groups attached to an aromatic ring is 1. The first-order chi connectivity index (χ1) is 6.67. The fourth-order valence-electron chi connectivity index (χ4n) is 1.15. The third-order valence-electron chi connectivity index (χ3n) is 1.90. The molecule has 0 radical (unpaired) electrons. The first kappa shape index (κ1) is 11.7. The molecule has 0 aliphatic heterocycles. The highest BCUT2D eigenvalue weighted by molar-refractivity contribution is 9.09. The molecule has 0 heterocycles. The fourth-order valence-corrected chi connectivity index (χ4v) is 1.70. The average Bonchev–Trinajstić information content (AvgIpc) is 2.21. The lowest BCUT2D eigenvalue weighted by molar-refractivity contribution is -0.115. The molecule has 0 bridgehead atoms. The van der Waals surface area contributed by atoms with Crippen LogP contribution in [0.25, 0.3) is 0 Å². The molecule has 76 valence electrons. The number of anilines is 1. The van der Waals surface area contributed by atoms with Crippen LogP contribution in [0.5, 0.6) is 0 Å². The van der Waals surface area contributed by atoms with Gasteiger partial charge in [0.05, 0.1) is 5.33 Å². The molecule has 2 N–H and O–H groups in total. The molecule has 0 spiro atoms. The van der Waals surface area contributed by atoms with Gasteiger partial charge in [0.15, 0.2) is 0 Å². The summed E-state index contributed by atoms with van der Waals surface area (Å²) in [5, 5.41) is 1.16. The maximum Gasteiger partial charge on any atom is 0.147 e. The number of nitrogens with two attached hydrogens (primary N) is 1. The van der Waals surface area contributed by atoms with Crippen LogP contribution in [0.1, 0.15) is 11.1 Å². The zero-order chi connectivity index (χ0) is 10.6. The van der Waals surface area contributed by atoms with E-state index in [1.807, 2.05) is 18.2 Å². The van der Waals surface area contributed by atoms with Gasteiger partial charge in [0.25, 0.3) is 0 Å². The number of halogens is 2. The van der Waals surface area contributed by atoms with Gasteiger partial charge in [-0.2, -0.15) is 0 Å². The van der Waals surface area contributed by atoms with Gasteiger partial charge in [-0.1, -0.05) is 44.0 Å². The minimum Gasteiger partial charge on any atom is -0.398 e. The molecule has 0 aliphatic rings. The van der Waals surface area contributed by atoms with E-state index < -0.39 is 0 Å². The molecule has 2 nitrogen and oxygen atoms in total. The largest absolute Gasteiger partial charge is 0.398 e. The lowest BCUT2D eigenvalue weighted by atomic mass is 10.1. The highest BCUT2D eigenvalue weighted by Gasteiger charge is 2.05. The Morgan fingerprint density at radius 1 is 1.36 bits per heavy atom. The van der Waals surface area contributed by atoms with Crippen molar-refractivity contribution in [3.63, 3.8) is 0 Å². The number of hydrogen-bond acceptors (Lipinski definition) is 2. The highest BCUT2D eigenvalue weighted by atomic mass is 79.9. The minimum atomic E-state index is 0.142. The van der Waals surface area contributed by atoms with Crippen LogP contribution in [0.4, 0.5) is 5.69 Å². The standard InChI is InChI=1S/C10H11Br2NO/c11-5-7-1-2-10(13)8(3-7)4-9(14)6-12/h1-3H,4-6,13H2. The van der Waals surface area contributed by atoms with Crippen molar-refractivity contribution in [2.24, 2.45) is 0 Å². The van der Waals surface area contributed by atoms with Crippen LogP contribution in [0.15, 0.2) is 18.2 Å². The van der Waals surface area contributed by atoms with E-state index in [4.69, 9.17) is 5.73 Å². The van der Waals surface area contributed by atoms with Crippen molar-refractivity contribution in [3.05, 3.63) is 29.3 Å². The molecular weight excluding hydrogens is 310 g/mol. The van der Waals surface area contributed by atoms with Crippen molar-refractivity contribution in [2.45, 2.75) is 11.8 Å². The predicted octanol–water partition coefficient (Wildman–Crippen LogP) is 2.67. The van der Waals surface area contributed by atoms with Crippen molar-refractivity contribution in [2.75, 3.05) is 11.1 Å². The number of hydrogen-bond donors (Lipinski definition) is 1. The first-order valence-corrected chi connectivity index (χ1v) is 6.42. The zero-order valence-electron chi connectivity index (χ0n) is 7.59. The van der Waals surface area contributed by atoms with E-state index in [-0.39, 0.29) is 5.78 Å². The third-order valence-corrected chi connectivity index (χ3v) is 3.17. The Bertz CT molecular complexity index is 339. The second-order valence-corrected chi connectivity index (χ2v) is 4.14. The summed E-state index contributed by atoms with van der Waals surface area (Å²) in [5.74, 6) is 0.142. The molecule has 14 heavy (non-hydrogen) atoms. The van der Waals surface area contributed by atoms with Crippen LogP contribution in [0.2, 0.25) is 0 Å². The molecule has 0 unspecified atom stereocenters. The molecule has 1 aromatic carbocycles. The smallest absolute Gasteiger partial charge is 0.147 e. The molecule has 0 aromatic heterocycles.